The van der Waals surface area contributed by atoms with Crippen molar-refractivity contribution in [2.75, 3.05) is 13.1 Å². The van der Waals surface area contributed by atoms with Crippen LogP contribution in [0.3, 0.4) is 0 Å². The molecule has 0 aromatic carbocycles. The minimum atomic E-state index is 0. The van der Waals surface area contributed by atoms with Crippen LogP contribution in [0.15, 0.2) is 21.8 Å². The van der Waals surface area contributed by atoms with Gasteiger partial charge in [-0.05, 0) is 42.2 Å². The Morgan fingerprint density at radius 2 is 2.14 bits per heavy atom. The van der Waals surface area contributed by atoms with Gasteiger partial charge in [0.1, 0.15) is 0 Å². The van der Waals surface area contributed by atoms with Crippen LogP contribution in [0.4, 0.5) is 0 Å². The Bertz CT molecular complexity index is 400. The Kier molecular flexibility index (Phi) is 9.31. The molecule has 21 heavy (non-hydrogen) atoms. The quantitative estimate of drug-likeness (QED) is 0.421. The zero-order valence-electron chi connectivity index (χ0n) is 13.1. The van der Waals surface area contributed by atoms with Gasteiger partial charge in [-0.3, -0.25) is 4.99 Å². The molecular weight excluding hydrogens is 393 g/mol. The standard InChI is InChI=1S/C16H27N3S.HI/c1-3-17-16(19-15-7-5-4-6-8-15)18-11-13(2)14-9-10-20-12-14;/h9-10,12-13,15H,3-8,11H2,1-2H3,(H2,17,18,19);1H. The van der Waals surface area contributed by atoms with E-state index in [1.165, 1.54) is 37.7 Å². The lowest BCUT2D eigenvalue weighted by atomic mass is 9.96. The van der Waals surface area contributed by atoms with Crippen LogP contribution in [0.25, 0.3) is 0 Å². The highest BCUT2D eigenvalue weighted by molar-refractivity contribution is 14.0. The first-order chi connectivity index (χ1) is 9.79. The topological polar surface area (TPSA) is 36.4 Å². The van der Waals surface area contributed by atoms with Crippen molar-refractivity contribution < 1.29 is 0 Å². The third-order valence-electron chi connectivity index (χ3n) is 3.93. The summed E-state index contributed by atoms with van der Waals surface area (Å²) in [6.45, 7) is 6.14. The van der Waals surface area contributed by atoms with Gasteiger partial charge in [0.15, 0.2) is 5.96 Å². The minimum Gasteiger partial charge on any atom is -0.357 e. The van der Waals surface area contributed by atoms with E-state index < -0.39 is 0 Å². The van der Waals surface area contributed by atoms with E-state index in [2.05, 4.69) is 41.3 Å². The lowest BCUT2D eigenvalue weighted by Gasteiger charge is -2.25. The predicted molar refractivity (Wildman–Crippen MR) is 104 cm³/mol. The highest BCUT2D eigenvalue weighted by Crippen LogP contribution is 2.19. The molecule has 1 fully saturated rings. The molecule has 1 saturated carbocycles. The fourth-order valence-electron chi connectivity index (χ4n) is 2.65. The zero-order chi connectivity index (χ0) is 14.2. The molecule has 3 nitrogen and oxygen atoms in total. The number of thiophene rings is 1. The summed E-state index contributed by atoms with van der Waals surface area (Å²) in [5.74, 6) is 1.48. The fraction of sp³-hybridized carbons (Fsp3) is 0.688. The van der Waals surface area contributed by atoms with Crippen LogP contribution in [-0.2, 0) is 0 Å². The first-order valence-electron chi connectivity index (χ1n) is 7.86. The maximum Gasteiger partial charge on any atom is 0.191 e. The van der Waals surface area contributed by atoms with E-state index >= 15 is 0 Å². The zero-order valence-corrected chi connectivity index (χ0v) is 16.2. The summed E-state index contributed by atoms with van der Waals surface area (Å²) in [6, 6.07) is 2.81. The van der Waals surface area contributed by atoms with E-state index in [1.54, 1.807) is 11.3 Å². The summed E-state index contributed by atoms with van der Waals surface area (Å²) in [6.07, 6.45) is 6.65. The highest BCUT2D eigenvalue weighted by Gasteiger charge is 2.14. The molecule has 1 aliphatic carbocycles. The predicted octanol–water partition coefficient (Wildman–Crippen LogP) is 4.36. The minimum absolute atomic E-state index is 0. The Balaban J connectivity index is 0.00000220. The van der Waals surface area contributed by atoms with Crippen LogP contribution >= 0.6 is 35.3 Å². The number of hydrogen-bond acceptors (Lipinski definition) is 2. The molecule has 0 bridgehead atoms. The van der Waals surface area contributed by atoms with Crippen molar-refractivity contribution in [1.82, 2.24) is 10.6 Å². The van der Waals surface area contributed by atoms with Crippen molar-refractivity contribution in [2.24, 2.45) is 4.99 Å². The third kappa shape index (κ3) is 6.55. The molecule has 0 spiro atoms. The van der Waals surface area contributed by atoms with E-state index in [4.69, 9.17) is 4.99 Å². The van der Waals surface area contributed by atoms with Crippen molar-refractivity contribution >= 4 is 41.3 Å². The molecular formula is C16H28IN3S. The average Bonchev–Trinajstić information content (AvgIpc) is 3.00. The number of aliphatic imine (C=N–C) groups is 1. The Hall–Kier alpha value is -0.300. The Morgan fingerprint density at radius 1 is 1.38 bits per heavy atom. The molecule has 2 rings (SSSR count). The van der Waals surface area contributed by atoms with Crippen LogP contribution in [0.1, 0.15) is 57.4 Å². The van der Waals surface area contributed by atoms with Crippen LogP contribution in [0, 0.1) is 0 Å². The first kappa shape index (κ1) is 18.7. The molecule has 0 amide bonds. The monoisotopic (exact) mass is 421 g/mol. The molecule has 0 saturated heterocycles. The van der Waals surface area contributed by atoms with Crippen LogP contribution in [0.5, 0.6) is 0 Å². The van der Waals surface area contributed by atoms with E-state index in [1.807, 2.05) is 0 Å². The molecule has 120 valence electrons. The van der Waals surface area contributed by atoms with Crippen molar-refractivity contribution in [3.63, 3.8) is 0 Å². The number of hydrogen-bond donors (Lipinski definition) is 2. The van der Waals surface area contributed by atoms with Gasteiger partial charge in [-0.1, -0.05) is 26.2 Å². The molecule has 1 aromatic rings. The van der Waals surface area contributed by atoms with Crippen molar-refractivity contribution in [1.29, 1.82) is 0 Å². The second kappa shape index (κ2) is 10.4. The smallest absolute Gasteiger partial charge is 0.191 e. The van der Waals surface area contributed by atoms with E-state index in [0.29, 0.717) is 12.0 Å². The number of halogens is 1. The van der Waals surface area contributed by atoms with Crippen molar-refractivity contribution in [3.05, 3.63) is 22.4 Å². The molecule has 1 heterocycles. The van der Waals surface area contributed by atoms with Crippen molar-refractivity contribution in [2.45, 2.75) is 57.9 Å². The number of rotatable bonds is 5. The normalized spacial score (nSPS) is 17.9. The molecule has 0 radical (unpaired) electrons. The summed E-state index contributed by atoms with van der Waals surface area (Å²) in [5, 5.41) is 11.3. The molecule has 1 aliphatic rings. The summed E-state index contributed by atoms with van der Waals surface area (Å²) < 4.78 is 0. The second-order valence-corrected chi connectivity index (χ2v) is 6.44. The van der Waals surface area contributed by atoms with E-state index in [-0.39, 0.29) is 24.0 Å². The maximum atomic E-state index is 4.76. The maximum absolute atomic E-state index is 4.76. The first-order valence-corrected chi connectivity index (χ1v) is 8.80. The van der Waals surface area contributed by atoms with Gasteiger partial charge in [-0.2, -0.15) is 11.3 Å². The number of nitrogens with one attached hydrogen (secondary N) is 2. The van der Waals surface area contributed by atoms with Gasteiger partial charge in [0.05, 0.1) is 0 Å². The molecule has 0 aliphatic heterocycles. The summed E-state index contributed by atoms with van der Waals surface area (Å²) in [4.78, 5) is 4.76. The van der Waals surface area contributed by atoms with Crippen LogP contribution in [-0.4, -0.2) is 25.1 Å². The summed E-state index contributed by atoms with van der Waals surface area (Å²) in [5.41, 5.74) is 1.40. The lowest BCUT2D eigenvalue weighted by molar-refractivity contribution is 0.410. The van der Waals surface area contributed by atoms with Crippen LogP contribution in [0.2, 0.25) is 0 Å². The molecule has 5 heteroatoms. The summed E-state index contributed by atoms with van der Waals surface area (Å²) in [7, 11) is 0. The third-order valence-corrected chi connectivity index (χ3v) is 4.63. The summed E-state index contributed by atoms with van der Waals surface area (Å²) >= 11 is 1.76. The Morgan fingerprint density at radius 3 is 2.76 bits per heavy atom. The largest absolute Gasteiger partial charge is 0.357 e. The molecule has 2 N–H and O–H groups in total. The molecule has 1 aromatic heterocycles. The Labute approximate surface area is 150 Å². The van der Waals surface area contributed by atoms with Gasteiger partial charge in [-0.25, -0.2) is 0 Å². The highest BCUT2D eigenvalue weighted by atomic mass is 127. The fourth-order valence-corrected chi connectivity index (χ4v) is 3.43. The molecule has 1 unspecified atom stereocenters. The van der Waals surface area contributed by atoms with Gasteiger partial charge in [0.2, 0.25) is 0 Å². The van der Waals surface area contributed by atoms with Gasteiger partial charge < -0.3 is 10.6 Å². The van der Waals surface area contributed by atoms with Gasteiger partial charge in [-0.15, -0.1) is 24.0 Å². The van der Waals surface area contributed by atoms with Crippen LogP contribution < -0.4 is 10.6 Å². The van der Waals surface area contributed by atoms with E-state index in [0.717, 1.165) is 19.0 Å². The molecule has 1 atom stereocenters. The SMILES string of the molecule is CCNC(=NCC(C)c1ccsc1)NC1CCCCC1.I. The second-order valence-electron chi connectivity index (χ2n) is 5.66. The average molecular weight is 421 g/mol. The van der Waals surface area contributed by atoms with Crippen molar-refractivity contribution in [3.8, 4) is 0 Å². The van der Waals surface area contributed by atoms with Gasteiger partial charge >= 0.3 is 0 Å². The van der Waals surface area contributed by atoms with E-state index in [9.17, 15) is 0 Å². The number of nitrogens with zero attached hydrogens (tertiary/aromatic N) is 1. The van der Waals surface area contributed by atoms with Gasteiger partial charge in [0.25, 0.3) is 0 Å². The number of guanidine groups is 1. The van der Waals surface area contributed by atoms with Gasteiger partial charge in [0, 0.05) is 25.0 Å². The lowest BCUT2D eigenvalue weighted by Crippen LogP contribution is -2.44.